The first kappa shape index (κ1) is 14.2. The molecule has 1 heterocycles. The van der Waals surface area contributed by atoms with Gasteiger partial charge in [-0.15, -0.1) is 0 Å². The lowest BCUT2D eigenvalue weighted by atomic mass is 9.82. The molecule has 1 aliphatic carbocycles. The van der Waals surface area contributed by atoms with Crippen LogP contribution in [-0.2, 0) is 4.79 Å². The third-order valence-corrected chi connectivity index (χ3v) is 4.74. The van der Waals surface area contributed by atoms with Crippen LogP contribution in [0.2, 0.25) is 0 Å². The highest BCUT2D eigenvalue weighted by atomic mass is 16.4. The van der Waals surface area contributed by atoms with E-state index in [0.29, 0.717) is 24.7 Å². The average molecular weight is 268 g/mol. The molecule has 2 amide bonds. The van der Waals surface area contributed by atoms with Crippen molar-refractivity contribution in [3.63, 3.8) is 0 Å². The fourth-order valence-electron chi connectivity index (χ4n) is 3.13. The summed E-state index contributed by atoms with van der Waals surface area (Å²) in [5.74, 6) is 0.0802. The van der Waals surface area contributed by atoms with Gasteiger partial charge in [-0.1, -0.05) is 33.1 Å². The van der Waals surface area contributed by atoms with Crippen LogP contribution in [0.4, 0.5) is 4.79 Å². The molecule has 2 N–H and O–H groups in total. The summed E-state index contributed by atoms with van der Waals surface area (Å²) in [5.41, 5.74) is -1.04. The maximum Gasteiger partial charge on any atom is 0.329 e. The molecule has 0 aromatic rings. The Kier molecular flexibility index (Phi) is 4.02. The second kappa shape index (κ2) is 5.39. The molecule has 0 spiro atoms. The Morgan fingerprint density at radius 3 is 2.11 bits per heavy atom. The van der Waals surface area contributed by atoms with Crippen molar-refractivity contribution in [3.8, 4) is 0 Å². The molecular weight excluding hydrogens is 244 g/mol. The van der Waals surface area contributed by atoms with Crippen LogP contribution in [0.25, 0.3) is 0 Å². The Morgan fingerprint density at radius 1 is 1.11 bits per heavy atom. The zero-order valence-corrected chi connectivity index (χ0v) is 11.8. The molecule has 2 rings (SSSR count). The first-order chi connectivity index (χ1) is 8.94. The topological polar surface area (TPSA) is 69.6 Å². The number of hydrogen-bond acceptors (Lipinski definition) is 2. The number of likely N-dealkylation sites (tertiary alicyclic amines) is 1. The van der Waals surface area contributed by atoms with Crippen LogP contribution in [0, 0.1) is 11.8 Å². The largest absolute Gasteiger partial charge is 0.480 e. The molecule has 1 saturated carbocycles. The van der Waals surface area contributed by atoms with Gasteiger partial charge in [0.25, 0.3) is 0 Å². The fraction of sp³-hybridized carbons (Fsp3) is 0.857. The van der Waals surface area contributed by atoms with Gasteiger partial charge >= 0.3 is 12.0 Å². The molecule has 1 saturated heterocycles. The summed E-state index contributed by atoms with van der Waals surface area (Å²) in [7, 11) is 0. The van der Waals surface area contributed by atoms with Gasteiger partial charge in [0.2, 0.25) is 0 Å². The SMILES string of the molecule is CC1CN(C(=O)NC2(C(=O)O)CCCCC2)CC1C. The number of carboxylic acid groups (broad SMARTS) is 1. The Labute approximate surface area is 114 Å². The number of nitrogens with zero attached hydrogens (tertiary/aromatic N) is 1. The lowest BCUT2D eigenvalue weighted by Gasteiger charge is -2.35. The van der Waals surface area contributed by atoms with Crippen molar-refractivity contribution in [1.82, 2.24) is 10.2 Å². The van der Waals surface area contributed by atoms with Gasteiger partial charge in [0.05, 0.1) is 0 Å². The Morgan fingerprint density at radius 2 is 1.63 bits per heavy atom. The molecule has 5 nitrogen and oxygen atoms in total. The van der Waals surface area contributed by atoms with E-state index in [9.17, 15) is 14.7 Å². The first-order valence-electron chi connectivity index (χ1n) is 7.25. The molecular formula is C14H24N2O3. The van der Waals surface area contributed by atoms with Crippen LogP contribution in [0.1, 0.15) is 46.0 Å². The number of rotatable bonds is 2. The molecule has 0 bridgehead atoms. The number of aliphatic carboxylic acids is 1. The van der Waals surface area contributed by atoms with Crippen molar-refractivity contribution >= 4 is 12.0 Å². The number of nitrogens with one attached hydrogen (secondary N) is 1. The van der Waals surface area contributed by atoms with Gasteiger partial charge in [-0.25, -0.2) is 9.59 Å². The summed E-state index contributed by atoms with van der Waals surface area (Å²) in [6.45, 7) is 5.71. The number of carbonyl (C=O) groups is 2. The monoisotopic (exact) mass is 268 g/mol. The molecule has 0 aromatic heterocycles. The highest BCUT2D eigenvalue weighted by Crippen LogP contribution is 2.29. The minimum Gasteiger partial charge on any atom is -0.480 e. The van der Waals surface area contributed by atoms with E-state index in [4.69, 9.17) is 0 Å². The Bertz CT molecular complexity index is 354. The van der Waals surface area contributed by atoms with Gasteiger partial charge in [0.1, 0.15) is 5.54 Å². The normalized spacial score (nSPS) is 30.1. The Hall–Kier alpha value is -1.26. The lowest BCUT2D eigenvalue weighted by molar-refractivity contribution is -0.145. The molecule has 0 radical (unpaired) electrons. The van der Waals surface area contributed by atoms with E-state index in [1.165, 1.54) is 0 Å². The van der Waals surface area contributed by atoms with Crippen LogP contribution in [0.5, 0.6) is 0 Å². The average Bonchev–Trinajstić information content (AvgIpc) is 2.71. The standard InChI is InChI=1S/C14H24N2O3/c1-10-8-16(9-11(10)2)13(19)15-14(12(17)18)6-4-3-5-7-14/h10-11H,3-9H2,1-2H3,(H,15,19)(H,17,18). The van der Waals surface area contributed by atoms with Crippen molar-refractivity contribution in [1.29, 1.82) is 0 Å². The number of amides is 2. The number of carboxylic acids is 1. The van der Waals surface area contributed by atoms with Crippen LogP contribution < -0.4 is 5.32 Å². The van der Waals surface area contributed by atoms with Crippen molar-refractivity contribution in [2.24, 2.45) is 11.8 Å². The first-order valence-corrected chi connectivity index (χ1v) is 7.25. The maximum absolute atomic E-state index is 12.3. The van der Waals surface area contributed by atoms with Gasteiger partial charge in [-0.2, -0.15) is 0 Å². The zero-order chi connectivity index (χ0) is 14.0. The molecule has 5 heteroatoms. The fourth-order valence-corrected chi connectivity index (χ4v) is 3.13. The molecule has 0 aromatic carbocycles. The molecule has 2 aliphatic rings. The van der Waals surface area contributed by atoms with E-state index in [-0.39, 0.29) is 6.03 Å². The highest BCUT2D eigenvalue weighted by Gasteiger charge is 2.42. The Balaban J connectivity index is 2.02. The number of urea groups is 1. The van der Waals surface area contributed by atoms with E-state index in [1.54, 1.807) is 4.90 Å². The third kappa shape index (κ3) is 2.85. The molecule has 2 unspecified atom stereocenters. The summed E-state index contributed by atoms with van der Waals surface area (Å²) >= 11 is 0. The predicted octanol–water partition coefficient (Wildman–Crippen LogP) is 2.07. The second-order valence-corrected chi connectivity index (χ2v) is 6.24. The smallest absolute Gasteiger partial charge is 0.329 e. The van der Waals surface area contributed by atoms with Crippen LogP contribution in [0.15, 0.2) is 0 Å². The summed E-state index contributed by atoms with van der Waals surface area (Å²) in [6.07, 6.45) is 3.90. The third-order valence-electron chi connectivity index (χ3n) is 4.74. The van der Waals surface area contributed by atoms with Crippen molar-refractivity contribution < 1.29 is 14.7 Å². The summed E-state index contributed by atoms with van der Waals surface area (Å²) in [6, 6.07) is -0.208. The van der Waals surface area contributed by atoms with Gasteiger partial charge in [0, 0.05) is 13.1 Å². The lowest BCUT2D eigenvalue weighted by Crippen LogP contribution is -2.58. The van der Waals surface area contributed by atoms with Crippen molar-refractivity contribution in [2.45, 2.75) is 51.5 Å². The van der Waals surface area contributed by atoms with Gasteiger partial charge < -0.3 is 15.3 Å². The molecule has 1 aliphatic heterocycles. The second-order valence-electron chi connectivity index (χ2n) is 6.24. The summed E-state index contributed by atoms with van der Waals surface area (Å²) < 4.78 is 0. The summed E-state index contributed by atoms with van der Waals surface area (Å²) in [4.78, 5) is 25.5. The van der Waals surface area contributed by atoms with E-state index in [2.05, 4.69) is 19.2 Å². The van der Waals surface area contributed by atoms with Crippen LogP contribution in [-0.4, -0.2) is 40.6 Å². The van der Waals surface area contributed by atoms with Gasteiger partial charge in [-0.05, 0) is 24.7 Å². The van der Waals surface area contributed by atoms with E-state index in [0.717, 1.165) is 32.4 Å². The van der Waals surface area contributed by atoms with Gasteiger partial charge in [0.15, 0.2) is 0 Å². The number of hydrogen-bond donors (Lipinski definition) is 2. The van der Waals surface area contributed by atoms with Crippen molar-refractivity contribution in [3.05, 3.63) is 0 Å². The molecule has 108 valence electrons. The minimum atomic E-state index is -1.04. The molecule has 2 atom stereocenters. The number of carbonyl (C=O) groups excluding carboxylic acids is 1. The van der Waals surface area contributed by atoms with E-state index >= 15 is 0 Å². The molecule has 19 heavy (non-hydrogen) atoms. The molecule has 2 fully saturated rings. The van der Waals surface area contributed by atoms with E-state index in [1.807, 2.05) is 0 Å². The minimum absolute atomic E-state index is 0.208. The van der Waals surface area contributed by atoms with Crippen LogP contribution in [0.3, 0.4) is 0 Å². The zero-order valence-electron chi connectivity index (χ0n) is 11.8. The highest BCUT2D eigenvalue weighted by molar-refractivity contribution is 5.86. The van der Waals surface area contributed by atoms with Gasteiger partial charge in [-0.3, -0.25) is 0 Å². The summed E-state index contributed by atoms with van der Waals surface area (Å²) in [5, 5.41) is 12.3. The van der Waals surface area contributed by atoms with Crippen molar-refractivity contribution in [2.75, 3.05) is 13.1 Å². The van der Waals surface area contributed by atoms with Crippen LogP contribution >= 0.6 is 0 Å². The quantitative estimate of drug-likeness (QED) is 0.805. The predicted molar refractivity (Wildman–Crippen MR) is 71.9 cm³/mol. The van der Waals surface area contributed by atoms with E-state index < -0.39 is 11.5 Å². The maximum atomic E-state index is 12.3.